The van der Waals surface area contributed by atoms with Crippen molar-refractivity contribution >= 4 is 5.97 Å². The number of aliphatic hydroxyl groups excluding tert-OH is 1. The molecule has 0 aliphatic carbocycles. The van der Waals surface area contributed by atoms with Gasteiger partial charge < -0.3 is 21.3 Å². The first kappa shape index (κ1) is 11.4. The molecule has 1 rings (SSSR count). The average molecular weight is 176 g/mol. The van der Waals surface area contributed by atoms with E-state index in [-0.39, 0.29) is 12.6 Å². The first-order valence-electron chi connectivity index (χ1n) is 3.99. The molecule has 0 aromatic heterocycles. The third-order valence-corrected chi connectivity index (χ3v) is 1.49. The van der Waals surface area contributed by atoms with Gasteiger partial charge in [0.05, 0.1) is 6.61 Å². The van der Waals surface area contributed by atoms with Gasteiger partial charge in [-0.2, -0.15) is 0 Å². The maximum absolute atomic E-state index is 10.1. The molecule has 12 heavy (non-hydrogen) atoms. The molecule has 0 aromatic rings. The highest BCUT2D eigenvalue weighted by Crippen LogP contribution is 2.03. The van der Waals surface area contributed by atoms with Crippen LogP contribution >= 0.6 is 0 Å². The lowest BCUT2D eigenvalue weighted by Crippen LogP contribution is -2.29. The van der Waals surface area contributed by atoms with Crippen LogP contribution in [0.2, 0.25) is 0 Å². The van der Waals surface area contributed by atoms with Crippen LogP contribution in [0.5, 0.6) is 0 Å². The summed E-state index contributed by atoms with van der Waals surface area (Å²) in [6.45, 7) is 1.33. The lowest BCUT2D eigenvalue weighted by Gasteiger charge is -1.99. The Kier molecular flexibility index (Phi) is 6.64. The fraction of sp³-hybridized carbons (Fsp3) is 0.857. The van der Waals surface area contributed by atoms with Crippen molar-refractivity contribution in [3.63, 3.8) is 0 Å². The minimum atomic E-state index is -0.720. The molecule has 5 nitrogen and oxygen atoms in total. The van der Waals surface area contributed by atoms with E-state index in [1.807, 2.05) is 0 Å². The van der Waals surface area contributed by atoms with Crippen LogP contribution in [0.1, 0.15) is 12.8 Å². The number of aliphatic carboxylic acids is 1. The second-order valence-electron chi connectivity index (χ2n) is 2.50. The average Bonchev–Trinajstić information content (AvgIpc) is 2.57. The monoisotopic (exact) mass is 176 g/mol. The highest BCUT2D eigenvalue weighted by molar-refractivity contribution is 5.73. The first-order chi connectivity index (χ1) is 5.72. The smallest absolute Gasteiger partial charge is 0.320 e. The molecule has 1 saturated heterocycles. The third kappa shape index (κ3) is 5.06. The zero-order chi connectivity index (χ0) is 9.40. The number of nitrogens with one attached hydrogen (secondary N) is 1. The summed E-state index contributed by atoms with van der Waals surface area (Å²) >= 11 is 0. The first-order valence-corrected chi connectivity index (χ1v) is 3.99. The number of carbonyl (C=O) groups is 1. The van der Waals surface area contributed by atoms with Gasteiger partial charge in [0.25, 0.3) is 0 Å². The Balaban J connectivity index is 0.000000261. The molecular weight excluding hydrogens is 160 g/mol. The second kappa shape index (κ2) is 7.02. The van der Waals surface area contributed by atoms with E-state index in [4.69, 9.17) is 15.9 Å². The van der Waals surface area contributed by atoms with Crippen LogP contribution < -0.4 is 11.1 Å². The molecule has 5 N–H and O–H groups in total. The van der Waals surface area contributed by atoms with Crippen LogP contribution in [0.4, 0.5) is 0 Å². The molecule has 0 aromatic carbocycles. The fourth-order valence-electron chi connectivity index (χ4n) is 0.895. The Hall–Kier alpha value is -0.650. The lowest BCUT2D eigenvalue weighted by atomic mass is 10.2. The molecular formula is C7H16N2O3. The van der Waals surface area contributed by atoms with E-state index in [0.717, 1.165) is 19.4 Å². The van der Waals surface area contributed by atoms with Crippen molar-refractivity contribution in [2.24, 2.45) is 5.73 Å². The van der Waals surface area contributed by atoms with Crippen LogP contribution in [0.25, 0.3) is 0 Å². The quantitative estimate of drug-likeness (QED) is 0.422. The Bertz CT molecular complexity index is 122. The summed E-state index contributed by atoms with van der Waals surface area (Å²) in [5.41, 5.74) is 4.78. The molecule has 1 aliphatic rings. The van der Waals surface area contributed by atoms with Crippen LogP contribution in [-0.4, -0.2) is 41.9 Å². The van der Waals surface area contributed by atoms with Crippen molar-refractivity contribution < 1.29 is 15.0 Å². The zero-order valence-corrected chi connectivity index (χ0v) is 6.99. The molecule has 0 unspecified atom stereocenters. The van der Waals surface area contributed by atoms with Crippen molar-refractivity contribution in [1.29, 1.82) is 0 Å². The van der Waals surface area contributed by atoms with Crippen LogP contribution in [0, 0.1) is 0 Å². The van der Waals surface area contributed by atoms with Crippen LogP contribution in [-0.2, 0) is 4.79 Å². The topological polar surface area (TPSA) is 95.6 Å². The Morgan fingerprint density at radius 3 is 2.42 bits per heavy atom. The molecule has 0 radical (unpaired) electrons. The molecule has 1 fully saturated rings. The largest absolute Gasteiger partial charge is 0.480 e. The SMILES string of the molecule is NCCO.O=C(O)[C@@H]1CCCN1. The van der Waals surface area contributed by atoms with Crippen molar-refractivity contribution in [1.82, 2.24) is 5.32 Å². The molecule has 0 amide bonds. The number of hydrogen-bond donors (Lipinski definition) is 4. The van der Waals surface area contributed by atoms with Gasteiger partial charge >= 0.3 is 5.97 Å². The number of carboxylic acid groups (broad SMARTS) is 1. The van der Waals surface area contributed by atoms with E-state index >= 15 is 0 Å². The maximum atomic E-state index is 10.1. The highest BCUT2D eigenvalue weighted by atomic mass is 16.4. The van der Waals surface area contributed by atoms with Gasteiger partial charge in [0.15, 0.2) is 0 Å². The number of aliphatic hydroxyl groups is 1. The van der Waals surface area contributed by atoms with Gasteiger partial charge in [-0.25, -0.2) is 0 Å². The molecule has 1 atom stereocenters. The normalized spacial score (nSPS) is 21.3. The summed E-state index contributed by atoms with van der Waals surface area (Å²) in [4.78, 5) is 10.1. The van der Waals surface area contributed by atoms with E-state index < -0.39 is 5.97 Å². The second-order valence-corrected chi connectivity index (χ2v) is 2.50. The van der Waals surface area contributed by atoms with Crippen LogP contribution in [0.15, 0.2) is 0 Å². The molecule has 0 spiro atoms. The Morgan fingerprint density at radius 2 is 2.25 bits per heavy atom. The minimum absolute atomic E-state index is 0.0972. The standard InChI is InChI=1S/C5H9NO2.C2H7NO/c7-5(8)4-2-1-3-6-4;3-1-2-4/h4,6H,1-3H2,(H,7,8);4H,1-3H2/t4-;/m0./s1. The third-order valence-electron chi connectivity index (χ3n) is 1.49. The van der Waals surface area contributed by atoms with Gasteiger partial charge in [-0.1, -0.05) is 0 Å². The molecule has 1 heterocycles. The summed E-state index contributed by atoms with van der Waals surface area (Å²) in [5, 5.41) is 19.0. The molecule has 1 aliphatic heterocycles. The van der Waals surface area contributed by atoms with Gasteiger partial charge in [0.2, 0.25) is 0 Å². The minimum Gasteiger partial charge on any atom is -0.480 e. The molecule has 0 saturated carbocycles. The predicted octanol–water partition coefficient (Wildman–Crippen LogP) is -1.24. The van der Waals surface area contributed by atoms with Crippen molar-refractivity contribution in [2.75, 3.05) is 19.7 Å². The van der Waals surface area contributed by atoms with E-state index in [9.17, 15) is 4.79 Å². The van der Waals surface area contributed by atoms with E-state index in [0.29, 0.717) is 6.54 Å². The number of nitrogens with two attached hydrogens (primary N) is 1. The summed E-state index contributed by atoms with van der Waals surface area (Å²) in [5.74, 6) is -0.720. The summed E-state index contributed by atoms with van der Waals surface area (Å²) < 4.78 is 0. The number of rotatable bonds is 2. The highest BCUT2D eigenvalue weighted by Gasteiger charge is 2.20. The van der Waals surface area contributed by atoms with Gasteiger partial charge in [0.1, 0.15) is 6.04 Å². The van der Waals surface area contributed by atoms with Crippen LogP contribution in [0.3, 0.4) is 0 Å². The summed E-state index contributed by atoms with van der Waals surface area (Å²) in [6, 6.07) is -0.269. The summed E-state index contributed by atoms with van der Waals surface area (Å²) in [7, 11) is 0. The molecule has 5 heteroatoms. The van der Waals surface area contributed by atoms with Crippen molar-refractivity contribution in [2.45, 2.75) is 18.9 Å². The van der Waals surface area contributed by atoms with Gasteiger partial charge in [-0.05, 0) is 19.4 Å². The van der Waals surface area contributed by atoms with Gasteiger partial charge in [-0.3, -0.25) is 4.79 Å². The predicted molar refractivity (Wildman–Crippen MR) is 44.8 cm³/mol. The Morgan fingerprint density at radius 1 is 1.67 bits per heavy atom. The maximum Gasteiger partial charge on any atom is 0.320 e. The van der Waals surface area contributed by atoms with E-state index in [1.165, 1.54) is 0 Å². The Labute approximate surface area is 71.6 Å². The summed E-state index contributed by atoms with van der Waals surface area (Å²) in [6.07, 6.45) is 1.78. The number of carboxylic acids is 1. The van der Waals surface area contributed by atoms with E-state index in [1.54, 1.807) is 0 Å². The zero-order valence-electron chi connectivity index (χ0n) is 6.99. The van der Waals surface area contributed by atoms with E-state index in [2.05, 4.69) is 5.32 Å². The van der Waals surface area contributed by atoms with Gasteiger partial charge in [-0.15, -0.1) is 0 Å². The lowest BCUT2D eigenvalue weighted by molar-refractivity contribution is -0.139. The molecule has 72 valence electrons. The van der Waals surface area contributed by atoms with Crippen molar-refractivity contribution in [3.8, 4) is 0 Å². The number of hydrogen-bond acceptors (Lipinski definition) is 4. The molecule has 0 bridgehead atoms. The fourth-order valence-corrected chi connectivity index (χ4v) is 0.895. The van der Waals surface area contributed by atoms with Crippen molar-refractivity contribution in [3.05, 3.63) is 0 Å². The van der Waals surface area contributed by atoms with Gasteiger partial charge in [0, 0.05) is 6.54 Å².